The first-order chi connectivity index (χ1) is 11.4. The van der Waals surface area contributed by atoms with E-state index in [0.29, 0.717) is 12.8 Å². The van der Waals surface area contributed by atoms with E-state index in [2.05, 4.69) is 50.4 Å². The number of hydrogen-bond donors (Lipinski definition) is 2. The minimum Gasteiger partial charge on any atom is -0.479 e. The summed E-state index contributed by atoms with van der Waals surface area (Å²) in [6.07, 6.45) is 1.44. The average Bonchev–Trinajstić information content (AvgIpc) is 3.04. The van der Waals surface area contributed by atoms with Gasteiger partial charge in [-0.15, -0.1) is 0 Å². The van der Waals surface area contributed by atoms with Crippen LogP contribution in [0.2, 0.25) is 0 Å². The number of carbonyl (C=O) groups is 2. The summed E-state index contributed by atoms with van der Waals surface area (Å²) in [5.74, 6) is -1.00. The molecule has 0 aromatic heterocycles. The second-order valence-electron chi connectivity index (χ2n) is 6.75. The first kappa shape index (κ1) is 18.5. The standard InChI is InChI=1S/C19H27NO4/c1-4-5-13-6-8-14(9-7-13)17(12(2)3)20-18(21)15-10-11-16(24-15)19(22)23/h6-9,12,15-17H,4-5,10-11H2,1-3H3,(H,20,21)(H,22,23)/t15-,16+,17?/m0/s1. The van der Waals surface area contributed by atoms with E-state index in [-0.39, 0.29) is 17.9 Å². The van der Waals surface area contributed by atoms with Crippen LogP contribution >= 0.6 is 0 Å². The molecule has 2 rings (SSSR count). The highest BCUT2D eigenvalue weighted by Gasteiger charge is 2.35. The van der Waals surface area contributed by atoms with E-state index in [9.17, 15) is 9.59 Å². The number of carbonyl (C=O) groups excluding carboxylic acids is 1. The van der Waals surface area contributed by atoms with Gasteiger partial charge in [0, 0.05) is 0 Å². The number of hydrogen-bond acceptors (Lipinski definition) is 3. The predicted molar refractivity (Wildman–Crippen MR) is 91.7 cm³/mol. The van der Waals surface area contributed by atoms with Gasteiger partial charge in [0.05, 0.1) is 6.04 Å². The van der Waals surface area contributed by atoms with Crippen molar-refractivity contribution in [2.24, 2.45) is 5.92 Å². The number of rotatable bonds is 7. The Hall–Kier alpha value is -1.88. The van der Waals surface area contributed by atoms with E-state index >= 15 is 0 Å². The summed E-state index contributed by atoms with van der Waals surface area (Å²) >= 11 is 0. The third-order valence-electron chi connectivity index (χ3n) is 4.43. The van der Waals surface area contributed by atoms with Crippen LogP contribution in [0.3, 0.4) is 0 Å². The van der Waals surface area contributed by atoms with Gasteiger partial charge in [-0.2, -0.15) is 0 Å². The molecule has 0 radical (unpaired) electrons. The molecule has 0 spiro atoms. The zero-order valence-corrected chi connectivity index (χ0v) is 14.6. The molecular weight excluding hydrogens is 306 g/mol. The molecule has 3 atom stereocenters. The molecule has 132 valence electrons. The van der Waals surface area contributed by atoms with Crippen molar-refractivity contribution in [3.05, 3.63) is 35.4 Å². The minimum absolute atomic E-state index is 0.111. The number of benzene rings is 1. The van der Waals surface area contributed by atoms with Crippen molar-refractivity contribution in [2.75, 3.05) is 0 Å². The number of ether oxygens (including phenoxy) is 1. The molecule has 5 nitrogen and oxygen atoms in total. The first-order valence-electron chi connectivity index (χ1n) is 8.69. The Morgan fingerprint density at radius 3 is 2.33 bits per heavy atom. The van der Waals surface area contributed by atoms with Gasteiger partial charge in [-0.05, 0) is 36.3 Å². The van der Waals surface area contributed by atoms with E-state index in [1.165, 1.54) is 5.56 Å². The summed E-state index contributed by atoms with van der Waals surface area (Å²) < 4.78 is 5.34. The summed E-state index contributed by atoms with van der Waals surface area (Å²) in [5.41, 5.74) is 2.35. The fourth-order valence-electron chi connectivity index (χ4n) is 3.07. The molecule has 1 amide bonds. The third-order valence-corrected chi connectivity index (χ3v) is 4.43. The van der Waals surface area contributed by atoms with Crippen molar-refractivity contribution in [1.29, 1.82) is 0 Å². The van der Waals surface area contributed by atoms with Crippen molar-refractivity contribution in [2.45, 2.75) is 64.7 Å². The van der Waals surface area contributed by atoms with Crippen LogP contribution in [0.4, 0.5) is 0 Å². The molecular formula is C19H27NO4. The summed E-state index contributed by atoms with van der Waals surface area (Å²) in [5, 5.41) is 12.0. The number of amides is 1. The van der Waals surface area contributed by atoms with Crippen LogP contribution in [0.1, 0.15) is 57.2 Å². The van der Waals surface area contributed by atoms with Gasteiger partial charge >= 0.3 is 5.97 Å². The Morgan fingerprint density at radius 2 is 1.83 bits per heavy atom. The second kappa shape index (κ2) is 8.29. The van der Waals surface area contributed by atoms with E-state index < -0.39 is 18.2 Å². The molecule has 24 heavy (non-hydrogen) atoms. The van der Waals surface area contributed by atoms with Gasteiger partial charge in [0.1, 0.15) is 6.10 Å². The molecule has 5 heteroatoms. The lowest BCUT2D eigenvalue weighted by Gasteiger charge is -2.25. The van der Waals surface area contributed by atoms with Gasteiger partial charge in [0.2, 0.25) is 5.91 Å². The summed E-state index contributed by atoms with van der Waals surface area (Å²) in [4.78, 5) is 23.4. The lowest BCUT2D eigenvalue weighted by molar-refractivity contribution is -0.152. The molecule has 1 saturated heterocycles. The van der Waals surface area contributed by atoms with Gasteiger partial charge in [-0.3, -0.25) is 4.79 Å². The summed E-state index contributed by atoms with van der Waals surface area (Å²) in [7, 11) is 0. The summed E-state index contributed by atoms with van der Waals surface area (Å²) in [6, 6.07) is 8.22. The van der Waals surface area contributed by atoms with Gasteiger partial charge in [-0.1, -0.05) is 51.5 Å². The van der Waals surface area contributed by atoms with E-state index in [4.69, 9.17) is 9.84 Å². The maximum atomic E-state index is 12.4. The van der Waals surface area contributed by atoms with Gasteiger partial charge in [0.15, 0.2) is 6.10 Å². The molecule has 0 aliphatic carbocycles. The number of carboxylic acids is 1. The largest absolute Gasteiger partial charge is 0.479 e. The second-order valence-corrected chi connectivity index (χ2v) is 6.75. The number of nitrogens with one attached hydrogen (secondary N) is 1. The molecule has 0 bridgehead atoms. The van der Waals surface area contributed by atoms with Crippen LogP contribution < -0.4 is 5.32 Å². The minimum atomic E-state index is -1.00. The quantitative estimate of drug-likeness (QED) is 0.804. The smallest absolute Gasteiger partial charge is 0.332 e. The van der Waals surface area contributed by atoms with Crippen molar-refractivity contribution in [3.8, 4) is 0 Å². The van der Waals surface area contributed by atoms with Crippen molar-refractivity contribution < 1.29 is 19.4 Å². The number of aliphatic carboxylic acids is 1. The van der Waals surface area contributed by atoms with Crippen LogP contribution in [0.25, 0.3) is 0 Å². The fraction of sp³-hybridized carbons (Fsp3) is 0.579. The Morgan fingerprint density at radius 1 is 1.21 bits per heavy atom. The Kier molecular flexibility index (Phi) is 6.37. The molecule has 1 aromatic rings. The average molecular weight is 333 g/mol. The monoisotopic (exact) mass is 333 g/mol. The Bertz CT molecular complexity index is 567. The van der Waals surface area contributed by atoms with Crippen molar-refractivity contribution in [1.82, 2.24) is 5.32 Å². The number of aryl methyl sites for hydroxylation is 1. The predicted octanol–water partition coefficient (Wildman–Crippen LogP) is 3.08. The zero-order chi connectivity index (χ0) is 17.7. The van der Waals surface area contributed by atoms with E-state index in [1.807, 2.05) is 0 Å². The zero-order valence-electron chi connectivity index (χ0n) is 14.6. The molecule has 1 fully saturated rings. The topological polar surface area (TPSA) is 75.6 Å². The van der Waals surface area contributed by atoms with Gasteiger partial charge in [0.25, 0.3) is 0 Å². The van der Waals surface area contributed by atoms with Gasteiger partial charge in [-0.25, -0.2) is 4.79 Å². The highest BCUT2D eigenvalue weighted by atomic mass is 16.5. The molecule has 1 unspecified atom stereocenters. The Balaban J connectivity index is 2.03. The third kappa shape index (κ3) is 4.57. The first-order valence-corrected chi connectivity index (χ1v) is 8.69. The molecule has 0 saturated carbocycles. The van der Waals surface area contributed by atoms with Crippen LogP contribution in [0.5, 0.6) is 0 Å². The highest BCUT2D eigenvalue weighted by molar-refractivity contribution is 5.83. The molecule has 1 heterocycles. The maximum Gasteiger partial charge on any atom is 0.332 e. The lowest BCUT2D eigenvalue weighted by Crippen LogP contribution is -2.39. The molecule has 2 N–H and O–H groups in total. The molecule has 1 aromatic carbocycles. The van der Waals surface area contributed by atoms with E-state index in [0.717, 1.165) is 18.4 Å². The van der Waals surface area contributed by atoms with Crippen LogP contribution in [-0.2, 0) is 20.7 Å². The normalized spacial score (nSPS) is 21.7. The van der Waals surface area contributed by atoms with Crippen LogP contribution in [0.15, 0.2) is 24.3 Å². The van der Waals surface area contributed by atoms with Gasteiger partial charge < -0.3 is 15.2 Å². The molecule has 1 aliphatic rings. The van der Waals surface area contributed by atoms with Crippen molar-refractivity contribution >= 4 is 11.9 Å². The van der Waals surface area contributed by atoms with E-state index in [1.54, 1.807) is 0 Å². The summed E-state index contributed by atoms with van der Waals surface area (Å²) in [6.45, 7) is 6.26. The fourth-order valence-corrected chi connectivity index (χ4v) is 3.07. The number of carboxylic acid groups (broad SMARTS) is 1. The molecule has 1 aliphatic heterocycles. The van der Waals surface area contributed by atoms with Crippen LogP contribution in [-0.4, -0.2) is 29.2 Å². The van der Waals surface area contributed by atoms with Crippen LogP contribution in [0, 0.1) is 5.92 Å². The highest BCUT2D eigenvalue weighted by Crippen LogP contribution is 2.25. The maximum absolute atomic E-state index is 12.4. The SMILES string of the molecule is CCCc1ccc(C(NC(=O)[C@@H]2CC[C@H](C(=O)O)O2)C(C)C)cc1. The van der Waals surface area contributed by atoms with Crippen molar-refractivity contribution in [3.63, 3.8) is 0 Å². The Labute approximate surface area is 143 Å². The lowest BCUT2D eigenvalue weighted by atomic mass is 9.94.